The molecule has 0 amide bonds. The first-order chi connectivity index (χ1) is 7.63. The topological polar surface area (TPSA) is 61.7 Å². The van der Waals surface area contributed by atoms with Crippen LogP contribution in [0.25, 0.3) is 0 Å². The molecular formula is C11H17N5. The summed E-state index contributed by atoms with van der Waals surface area (Å²) in [6.07, 6.45) is 4.72. The molecule has 0 bridgehead atoms. The maximum absolute atomic E-state index is 5.98. The minimum absolute atomic E-state index is 0.730. The largest absolute Gasteiger partial charge is 0.384 e. The van der Waals surface area contributed by atoms with E-state index in [4.69, 9.17) is 5.73 Å². The maximum Gasteiger partial charge on any atom is 0.126 e. The second kappa shape index (κ2) is 4.00. The molecule has 2 N–H and O–H groups in total. The summed E-state index contributed by atoms with van der Waals surface area (Å²) in [6, 6.07) is 0. The highest BCUT2D eigenvalue weighted by Gasteiger charge is 2.11. The van der Waals surface area contributed by atoms with Crippen LogP contribution in [0.5, 0.6) is 0 Å². The Bertz CT molecular complexity index is 494. The average Bonchev–Trinajstić information content (AvgIpc) is 2.79. The summed E-state index contributed by atoms with van der Waals surface area (Å²) >= 11 is 0. The standard InChI is InChI=1S/C11H17N5/c1-4-10-13-5-6-16(10)7-9-8(2)14-15(3)11(9)12/h5-6H,4,7,12H2,1-3H3. The number of hydrogen-bond donors (Lipinski definition) is 1. The first kappa shape index (κ1) is 10.7. The van der Waals surface area contributed by atoms with Crippen LogP contribution in [-0.2, 0) is 20.0 Å². The lowest BCUT2D eigenvalue weighted by Crippen LogP contribution is -2.06. The highest BCUT2D eigenvalue weighted by molar-refractivity contribution is 5.43. The number of nitrogens with two attached hydrogens (primary N) is 1. The molecule has 2 aromatic rings. The SMILES string of the molecule is CCc1nccn1Cc1c(C)nn(C)c1N. The van der Waals surface area contributed by atoms with Gasteiger partial charge in [-0.2, -0.15) is 5.10 Å². The molecule has 0 unspecified atom stereocenters. The van der Waals surface area contributed by atoms with Crippen LogP contribution in [0.15, 0.2) is 12.4 Å². The highest BCUT2D eigenvalue weighted by Crippen LogP contribution is 2.17. The monoisotopic (exact) mass is 219 g/mol. The van der Waals surface area contributed by atoms with Crippen LogP contribution < -0.4 is 5.73 Å². The summed E-state index contributed by atoms with van der Waals surface area (Å²) in [5, 5.41) is 4.30. The van der Waals surface area contributed by atoms with E-state index in [1.54, 1.807) is 4.68 Å². The van der Waals surface area contributed by atoms with Crippen LogP contribution in [0.2, 0.25) is 0 Å². The fourth-order valence-corrected chi connectivity index (χ4v) is 1.88. The number of nitrogens with zero attached hydrogens (tertiary/aromatic N) is 4. The van der Waals surface area contributed by atoms with Crippen molar-refractivity contribution in [1.82, 2.24) is 19.3 Å². The lowest BCUT2D eigenvalue weighted by atomic mass is 10.2. The summed E-state index contributed by atoms with van der Waals surface area (Å²) in [4.78, 5) is 4.29. The van der Waals surface area contributed by atoms with E-state index in [-0.39, 0.29) is 0 Å². The van der Waals surface area contributed by atoms with E-state index in [1.807, 2.05) is 26.4 Å². The van der Waals surface area contributed by atoms with E-state index in [0.717, 1.165) is 35.9 Å². The molecule has 5 nitrogen and oxygen atoms in total. The number of imidazole rings is 1. The van der Waals surface area contributed by atoms with Crippen molar-refractivity contribution in [3.63, 3.8) is 0 Å². The molecule has 86 valence electrons. The van der Waals surface area contributed by atoms with Crippen molar-refractivity contribution in [2.75, 3.05) is 5.73 Å². The fourth-order valence-electron chi connectivity index (χ4n) is 1.88. The molecule has 0 aliphatic rings. The molecule has 0 saturated heterocycles. The molecular weight excluding hydrogens is 202 g/mol. The molecule has 2 rings (SSSR count). The zero-order valence-corrected chi connectivity index (χ0v) is 9.94. The third-order valence-electron chi connectivity index (χ3n) is 2.84. The smallest absolute Gasteiger partial charge is 0.126 e. The van der Waals surface area contributed by atoms with Crippen molar-refractivity contribution in [2.24, 2.45) is 7.05 Å². The normalized spacial score (nSPS) is 10.9. The third-order valence-corrected chi connectivity index (χ3v) is 2.84. The molecule has 0 saturated carbocycles. The maximum atomic E-state index is 5.98. The Hall–Kier alpha value is -1.78. The van der Waals surface area contributed by atoms with Gasteiger partial charge in [0.1, 0.15) is 11.6 Å². The first-order valence-electron chi connectivity index (χ1n) is 5.41. The van der Waals surface area contributed by atoms with Gasteiger partial charge in [-0.1, -0.05) is 6.92 Å². The fraction of sp³-hybridized carbons (Fsp3) is 0.455. The average molecular weight is 219 g/mol. The van der Waals surface area contributed by atoms with Crippen LogP contribution in [0.3, 0.4) is 0 Å². The van der Waals surface area contributed by atoms with Gasteiger partial charge in [-0.15, -0.1) is 0 Å². The van der Waals surface area contributed by atoms with Gasteiger partial charge in [0.2, 0.25) is 0 Å². The van der Waals surface area contributed by atoms with E-state index in [2.05, 4.69) is 21.6 Å². The second-order valence-corrected chi connectivity index (χ2v) is 3.90. The molecule has 5 heteroatoms. The number of aromatic nitrogens is 4. The minimum Gasteiger partial charge on any atom is -0.384 e. The molecule has 0 fully saturated rings. The van der Waals surface area contributed by atoms with Crippen LogP contribution in [0.4, 0.5) is 5.82 Å². The molecule has 0 aliphatic heterocycles. The van der Waals surface area contributed by atoms with Gasteiger partial charge in [-0.3, -0.25) is 4.68 Å². The Kier molecular flexibility index (Phi) is 2.68. The van der Waals surface area contributed by atoms with Crippen molar-refractivity contribution < 1.29 is 0 Å². The van der Waals surface area contributed by atoms with Crippen LogP contribution in [-0.4, -0.2) is 19.3 Å². The Morgan fingerprint density at radius 3 is 2.75 bits per heavy atom. The van der Waals surface area contributed by atoms with Gasteiger partial charge in [-0.25, -0.2) is 4.98 Å². The number of hydrogen-bond acceptors (Lipinski definition) is 3. The summed E-state index contributed by atoms with van der Waals surface area (Å²) in [6.45, 7) is 4.82. The van der Waals surface area contributed by atoms with E-state index >= 15 is 0 Å². The molecule has 16 heavy (non-hydrogen) atoms. The molecule has 0 radical (unpaired) electrons. The Balaban J connectivity index is 2.34. The molecule has 0 aromatic carbocycles. The van der Waals surface area contributed by atoms with Crippen LogP contribution >= 0.6 is 0 Å². The Morgan fingerprint density at radius 2 is 2.19 bits per heavy atom. The van der Waals surface area contributed by atoms with E-state index in [0.29, 0.717) is 0 Å². The Labute approximate surface area is 94.9 Å². The Morgan fingerprint density at radius 1 is 1.44 bits per heavy atom. The van der Waals surface area contributed by atoms with E-state index in [1.165, 1.54) is 0 Å². The molecule has 2 heterocycles. The predicted octanol–water partition coefficient (Wildman–Crippen LogP) is 1.12. The van der Waals surface area contributed by atoms with Crippen LogP contribution in [0.1, 0.15) is 24.0 Å². The molecule has 0 aliphatic carbocycles. The van der Waals surface area contributed by atoms with E-state index < -0.39 is 0 Å². The number of aryl methyl sites for hydroxylation is 3. The summed E-state index contributed by atoms with van der Waals surface area (Å²) in [5.41, 5.74) is 8.04. The summed E-state index contributed by atoms with van der Waals surface area (Å²) < 4.78 is 3.83. The van der Waals surface area contributed by atoms with Gasteiger partial charge in [0.25, 0.3) is 0 Å². The van der Waals surface area contributed by atoms with Crippen molar-refractivity contribution in [3.05, 3.63) is 29.5 Å². The molecule has 0 atom stereocenters. The number of nitrogen functional groups attached to an aromatic ring is 1. The summed E-state index contributed by atoms with van der Waals surface area (Å²) in [7, 11) is 1.86. The van der Waals surface area contributed by atoms with Crippen LogP contribution in [0, 0.1) is 6.92 Å². The highest BCUT2D eigenvalue weighted by atomic mass is 15.3. The van der Waals surface area contributed by atoms with Crippen molar-refractivity contribution in [2.45, 2.75) is 26.8 Å². The van der Waals surface area contributed by atoms with Crippen molar-refractivity contribution >= 4 is 5.82 Å². The zero-order chi connectivity index (χ0) is 11.7. The lowest BCUT2D eigenvalue weighted by molar-refractivity contribution is 0.730. The van der Waals surface area contributed by atoms with Crippen molar-refractivity contribution in [3.8, 4) is 0 Å². The number of rotatable bonds is 3. The molecule has 2 aromatic heterocycles. The van der Waals surface area contributed by atoms with E-state index in [9.17, 15) is 0 Å². The summed E-state index contributed by atoms with van der Waals surface area (Å²) in [5.74, 6) is 1.80. The predicted molar refractivity (Wildman–Crippen MR) is 63.1 cm³/mol. The third kappa shape index (κ3) is 1.68. The quantitative estimate of drug-likeness (QED) is 0.841. The minimum atomic E-state index is 0.730. The van der Waals surface area contributed by atoms with Gasteiger partial charge in [-0.05, 0) is 6.92 Å². The van der Waals surface area contributed by atoms with Gasteiger partial charge >= 0.3 is 0 Å². The van der Waals surface area contributed by atoms with Gasteiger partial charge in [0, 0.05) is 31.4 Å². The molecule has 0 spiro atoms. The van der Waals surface area contributed by atoms with Gasteiger partial charge in [0.15, 0.2) is 0 Å². The lowest BCUT2D eigenvalue weighted by Gasteiger charge is -2.06. The first-order valence-corrected chi connectivity index (χ1v) is 5.41. The van der Waals surface area contributed by atoms with Gasteiger partial charge in [0.05, 0.1) is 12.2 Å². The van der Waals surface area contributed by atoms with Crippen molar-refractivity contribution in [1.29, 1.82) is 0 Å². The van der Waals surface area contributed by atoms with Gasteiger partial charge < -0.3 is 10.3 Å². The second-order valence-electron chi connectivity index (χ2n) is 3.90. The zero-order valence-electron chi connectivity index (χ0n) is 9.94. The number of anilines is 1.